The maximum absolute atomic E-state index is 12.6. The highest BCUT2D eigenvalue weighted by molar-refractivity contribution is 9.10. The topological polar surface area (TPSA) is 107 Å². The van der Waals surface area contributed by atoms with Gasteiger partial charge in [-0.05, 0) is 64.3 Å². The summed E-state index contributed by atoms with van der Waals surface area (Å²) < 4.78 is 43.0. The van der Waals surface area contributed by atoms with E-state index in [0.717, 1.165) is 21.7 Å². The first-order valence-electron chi connectivity index (χ1n) is 11.2. The highest BCUT2D eigenvalue weighted by Gasteiger charge is 2.24. The first-order valence-corrected chi connectivity index (χ1v) is 14.2. The van der Waals surface area contributed by atoms with Crippen molar-refractivity contribution in [1.29, 1.82) is 0 Å². The number of rotatable bonds is 11. The van der Waals surface area contributed by atoms with Crippen LogP contribution in [-0.4, -0.2) is 47.6 Å². The van der Waals surface area contributed by atoms with Gasteiger partial charge in [0.25, 0.3) is 5.91 Å². The number of benzene rings is 3. The highest BCUT2D eigenvalue weighted by Crippen LogP contribution is 2.37. The average Bonchev–Trinajstić information content (AvgIpc) is 2.86. The summed E-state index contributed by atoms with van der Waals surface area (Å²) in [5, 5.41) is 4.25. The standard InChI is InChI=1S/C26H27BrClN3O6S/c1-17-5-7-18(8-6-17)16-37-26-21(27)11-19(12-24(26)36-3)14-29-30-25(32)15-31(38(4,33)34)22-13-20(28)9-10-23(22)35-2/h5-14H,15-16H2,1-4H3,(H,30,32)/b29-14-. The fraction of sp³-hybridized carbons (Fsp3) is 0.231. The predicted octanol–water partition coefficient (Wildman–Crippen LogP) is 4.92. The second-order valence-corrected chi connectivity index (χ2v) is 11.4. The summed E-state index contributed by atoms with van der Waals surface area (Å²) >= 11 is 9.53. The molecule has 0 radical (unpaired) electrons. The van der Waals surface area contributed by atoms with Crippen molar-refractivity contribution in [2.24, 2.45) is 5.10 Å². The molecule has 0 heterocycles. The maximum Gasteiger partial charge on any atom is 0.260 e. The molecule has 0 atom stereocenters. The molecule has 0 bridgehead atoms. The van der Waals surface area contributed by atoms with E-state index < -0.39 is 22.5 Å². The van der Waals surface area contributed by atoms with E-state index in [1.54, 1.807) is 18.2 Å². The number of amides is 1. The number of nitrogens with one attached hydrogen (secondary N) is 1. The van der Waals surface area contributed by atoms with Gasteiger partial charge in [-0.3, -0.25) is 9.10 Å². The molecule has 0 fully saturated rings. The van der Waals surface area contributed by atoms with Crippen LogP contribution in [0.1, 0.15) is 16.7 Å². The number of hydrogen-bond donors (Lipinski definition) is 1. The van der Waals surface area contributed by atoms with Crippen molar-refractivity contribution in [2.45, 2.75) is 13.5 Å². The summed E-state index contributed by atoms with van der Waals surface area (Å²) in [6.45, 7) is 1.84. The van der Waals surface area contributed by atoms with Crippen molar-refractivity contribution in [3.63, 3.8) is 0 Å². The van der Waals surface area contributed by atoms with Crippen LogP contribution in [0.5, 0.6) is 17.2 Å². The van der Waals surface area contributed by atoms with Gasteiger partial charge >= 0.3 is 0 Å². The number of carbonyl (C=O) groups is 1. The monoisotopic (exact) mass is 623 g/mol. The molecule has 0 saturated heterocycles. The molecule has 0 spiro atoms. The van der Waals surface area contributed by atoms with E-state index in [1.165, 1.54) is 32.6 Å². The van der Waals surface area contributed by atoms with E-state index in [4.69, 9.17) is 25.8 Å². The molecule has 0 aromatic heterocycles. The largest absolute Gasteiger partial charge is 0.495 e. The minimum atomic E-state index is -3.84. The fourth-order valence-corrected chi connectivity index (χ4v) is 4.97. The summed E-state index contributed by atoms with van der Waals surface area (Å²) in [6.07, 6.45) is 2.38. The van der Waals surface area contributed by atoms with E-state index in [1.807, 2.05) is 31.2 Å². The number of methoxy groups -OCH3 is 2. The molecular weight excluding hydrogens is 598 g/mol. The van der Waals surface area contributed by atoms with Crippen LogP contribution in [0.4, 0.5) is 5.69 Å². The molecule has 3 rings (SSSR count). The van der Waals surface area contributed by atoms with Crippen LogP contribution in [0.25, 0.3) is 0 Å². The molecule has 0 aliphatic heterocycles. The molecule has 3 aromatic carbocycles. The van der Waals surface area contributed by atoms with Crippen LogP contribution in [-0.2, 0) is 21.4 Å². The molecule has 9 nitrogen and oxygen atoms in total. The molecule has 12 heteroatoms. The van der Waals surface area contributed by atoms with Gasteiger partial charge in [0.05, 0.1) is 36.9 Å². The zero-order chi connectivity index (χ0) is 27.9. The van der Waals surface area contributed by atoms with Crippen LogP contribution in [0.15, 0.2) is 64.2 Å². The Labute approximate surface area is 235 Å². The third-order valence-corrected chi connectivity index (χ3v) is 7.21. The lowest BCUT2D eigenvalue weighted by Gasteiger charge is -2.23. The summed E-state index contributed by atoms with van der Waals surface area (Å²) in [7, 11) is -0.929. The predicted molar refractivity (Wildman–Crippen MR) is 152 cm³/mol. The van der Waals surface area contributed by atoms with Crippen LogP contribution >= 0.6 is 27.5 Å². The number of halogens is 2. The molecule has 38 heavy (non-hydrogen) atoms. The third-order valence-electron chi connectivity index (χ3n) is 5.26. The number of carbonyl (C=O) groups excluding carboxylic acids is 1. The Kier molecular flexibility index (Phi) is 10.0. The minimum Gasteiger partial charge on any atom is -0.495 e. The Morgan fingerprint density at radius 1 is 1.08 bits per heavy atom. The van der Waals surface area contributed by atoms with Gasteiger partial charge in [0, 0.05) is 5.02 Å². The van der Waals surface area contributed by atoms with E-state index in [-0.39, 0.29) is 11.4 Å². The first kappa shape index (κ1) is 29.3. The Morgan fingerprint density at radius 3 is 2.39 bits per heavy atom. The number of hydrogen-bond acceptors (Lipinski definition) is 7. The summed E-state index contributed by atoms with van der Waals surface area (Å²) in [4.78, 5) is 12.6. The van der Waals surface area contributed by atoms with Gasteiger partial charge in [0.15, 0.2) is 11.5 Å². The lowest BCUT2D eigenvalue weighted by molar-refractivity contribution is -0.119. The normalized spacial score (nSPS) is 11.3. The number of hydrazone groups is 1. The van der Waals surface area contributed by atoms with Crippen LogP contribution in [0.2, 0.25) is 5.02 Å². The number of ether oxygens (including phenoxy) is 3. The quantitative estimate of drug-likeness (QED) is 0.240. The number of aryl methyl sites for hydroxylation is 1. The van der Waals surface area contributed by atoms with E-state index >= 15 is 0 Å². The third kappa shape index (κ3) is 7.86. The van der Waals surface area contributed by atoms with Gasteiger partial charge in [0.2, 0.25) is 10.0 Å². The maximum atomic E-state index is 12.6. The zero-order valence-corrected chi connectivity index (χ0v) is 24.4. The molecule has 0 aliphatic rings. The Bertz CT molecular complexity index is 1430. The van der Waals surface area contributed by atoms with Gasteiger partial charge in [-0.15, -0.1) is 0 Å². The number of anilines is 1. The molecule has 1 N–H and O–H groups in total. The fourth-order valence-electron chi connectivity index (χ4n) is 3.38. The van der Waals surface area contributed by atoms with Crippen LogP contribution < -0.4 is 23.9 Å². The molecule has 0 unspecified atom stereocenters. The average molecular weight is 625 g/mol. The summed E-state index contributed by atoms with van der Waals surface area (Å²) in [5.74, 6) is 0.569. The van der Waals surface area contributed by atoms with Crippen molar-refractivity contribution >= 4 is 55.4 Å². The van der Waals surface area contributed by atoms with E-state index in [9.17, 15) is 13.2 Å². The van der Waals surface area contributed by atoms with Crippen molar-refractivity contribution in [1.82, 2.24) is 5.43 Å². The molecular formula is C26H27BrClN3O6S. The van der Waals surface area contributed by atoms with Crippen molar-refractivity contribution in [3.05, 3.63) is 80.8 Å². The van der Waals surface area contributed by atoms with Gasteiger partial charge < -0.3 is 14.2 Å². The van der Waals surface area contributed by atoms with Crippen molar-refractivity contribution in [3.8, 4) is 17.2 Å². The molecule has 1 amide bonds. The number of sulfonamides is 1. The minimum absolute atomic E-state index is 0.136. The van der Waals surface area contributed by atoms with E-state index in [2.05, 4.69) is 26.5 Å². The number of nitrogens with zero attached hydrogens (tertiary/aromatic N) is 2. The second kappa shape index (κ2) is 13.0. The SMILES string of the molecule is COc1ccc(Cl)cc1N(CC(=O)N/N=C\c1cc(Br)c(OCc2ccc(C)cc2)c(OC)c1)S(C)(=O)=O. The molecule has 0 aliphatic carbocycles. The summed E-state index contributed by atoms with van der Waals surface area (Å²) in [6, 6.07) is 15.9. The van der Waals surface area contributed by atoms with Gasteiger partial charge in [-0.2, -0.15) is 5.10 Å². The van der Waals surface area contributed by atoms with E-state index in [0.29, 0.717) is 33.2 Å². The first-order chi connectivity index (χ1) is 18.0. The molecule has 0 saturated carbocycles. The van der Waals surface area contributed by atoms with Crippen LogP contribution in [0.3, 0.4) is 0 Å². The Morgan fingerprint density at radius 2 is 1.76 bits per heavy atom. The molecule has 202 valence electrons. The zero-order valence-electron chi connectivity index (χ0n) is 21.2. The van der Waals surface area contributed by atoms with Gasteiger partial charge in [0.1, 0.15) is 18.9 Å². The van der Waals surface area contributed by atoms with Crippen molar-refractivity contribution in [2.75, 3.05) is 31.3 Å². The Balaban J connectivity index is 1.71. The van der Waals surface area contributed by atoms with Gasteiger partial charge in [-0.1, -0.05) is 41.4 Å². The Hall–Kier alpha value is -3.28. The lowest BCUT2D eigenvalue weighted by atomic mass is 10.2. The van der Waals surface area contributed by atoms with Crippen molar-refractivity contribution < 1.29 is 27.4 Å². The lowest BCUT2D eigenvalue weighted by Crippen LogP contribution is -2.39. The summed E-state index contributed by atoms with van der Waals surface area (Å²) in [5.41, 5.74) is 5.26. The smallest absolute Gasteiger partial charge is 0.260 e. The second-order valence-electron chi connectivity index (χ2n) is 8.19. The van der Waals surface area contributed by atoms with Crippen LogP contribution in [0, 0.1) is 6.92 Å². The van der Waals surface area contributed by atoms with Gasteiger partial charge in [-0.25, -0.2) is 13.8 Å². The highest BCUT2D eigenvalue weighted by atomic mass is 79.9. The molecule has 3 aromatic rings.